The smallest absolute Gasteiger partial charge is 0.0765 e. The first-order chi connectivity index (χ1) is 4.66. The molecule has 0 amide bonds. The van der Waals surface area contributed by atoms with Gasteiger partial charge in [0.05, 0.1) is 6.10 Å². The maximum atomic E-state index is 5.34. The van der Waals surface area contributed by atoms with E-state index in [-0.39, 0.29) is 0 Å². The van der Waals surface area contributed by atoms with Gasteiger partial charge in [0.1, 0.15) is 0 Å². The minimum absolute atomic E-state index is 0.290. The molecule has 3 nitrogen and oxygen atoms in total. The van der Waals surface area contributed by atoms with Crippen molar-refractivity contribution in [2.45, 2.75) is 25.9 Å². The van der Waals surface area contributed by atoms with Gasteiger partial charge >= 0.3 is 0 Å². The van der Waals surface area contributed by atoms with Crippen LogP contribution in [0.5, 0.6) is 0 Å². The lowest BCUT2D eigenvalue weighted by molar-refractivity contribution is -0.160. The molecule has 0 aromatic rings. The Bertz CT molecular complexity index is 76.0. The van der Waals surface area contributed by atoms with Gasteiger partial charge in [0.15, 0.2) is 0 Å². The summed E-state index contributed by atoms with van der Waals surface area (Å²) >= 11 is 0. The monoisotopic (exact) mass is 146 g/mol. The molecule has 0 heterocycles. The first-order valence-corrected chi connectivity index (χ1v) is 3.71. The topological polar surface area (TPSA) is 38.5 Å². The van der Waals surface area contributed by atoms with Gasteiger partial charge in [0, 0.05) is 14.1 Å². The Morgan fingerprint density at radius 1 is 1.50 bits per heavy atom. The van der Waals surface area contributed by atoms with Crippen LogP contribution in [0.15, 0.2) is 0 Å². The average molecular weight is 146 g/mol. The summed E-state index contributed by atoms with van der Waals surface area (Å²) in [7, 11) is 3.78. The maximum Gasteiger partial charge on any atom is 0.0765 e. The van der Waals surface area contributed by atoms with E-state index in [0.29, 0.717) is 6.10 Å². The number of hydrogen-bond donors (Lipinski definition) is 1. The second-order valence-corrected chi connectivity index (χ2v) is 2.66. The fraction of sp³-hybridized carbons (Fsp3) is 1.00. The lowest BCUT2D eigenvalue weighted by Crippen LogP contribution is -2.21. The summed E-state index contributed by atoms with van der Waals surface area (Å²) in [6, 6.07) is 0. The summed E-state index contributed by atoms with van der Waals surface area (Å²) in [5.41, 5.74) is 5.34. The molecule has 62 valence electrons. The highest BCUT2D eigenvalue weighted by molar-refractivity contribution is 4.49. The van der Waals surface area contributed by atoms with Crippen molar-refractivity contribution in [1.29, 1.82) is 0 Å². The van der Waals surface area contributed by atoms with E-state index in [1.54, 1.807) is 5.06 Å². The third-order valence-electron chi connectivity index (χ3n) is 1.21. The molecule has 0 aliphatic carbocycles. The quantitative estimate of drug-likeness (QED) is 0.577. The predicted octanol–water partition coefficient (Wildman–Crippen LogP) is 0.607. The molecular formula is C7H18N2O. The first kappa shape index (κ1) is 9.88. The number of nitrogens with zero attached hydrogens (tertiary/aromatic N) is 1. The SMILES string of the molecule is CC(CCCN)ON(C)C. The van der Waals surface area contributed by atoms with Crippen molar-refractivity contribution in [2.75, 3.05) is 20.6 Å². The van der Waals surface area contributed by atoms with Gasteiger partial charge in [0.25, 0.3) is 0 Å². The molecule has 0 radical (unpaired) electrons. The van der Waals surface area contributed by atoms with Gasteiger partial charge in [-0.25, -0.2) is 0 Å². The Morgan fingerprint density at radius 2 is 2.10 bits per heavy atom. The van der Waals surface area contributed by atoms with E-state index in [1.165, 1.54) is 0 Å². The molecule has 0 aromatic heterocycles. The molecular weight excluding hydrogens is 128 g/mol. The zero-order chi connectivity index (χ0) is 7.98. The zero-order valence-electron chi connectivity index (χ0n) is 7.13. The molecule has 1 unspecified atom stereocenters. The van der Waals surface area contributed by atoms with Crippen LogP contribution >= 0.6 is 0 Å². The van der Waals surface area contributed by atoms with Crippen molar-refractivity contribution in [1.82, 2.24) is 5.06 Å². The Hall–Kier alpha value is -0.120. The normalized spacial score (nSPS) is 14.1. The van der Waals surface area contributed by atoms with E-state index in [2.05, 4.69) is 6.92 Å². The molecule has 1 atom stereocenters. The second kappa shape index (κ2) is 5.65. The van der Waals surface area contributed by atoms with Crippen LogP contribution < -0.4 is 5.73 Å². The molecule has 0 rings (SSSR count). The number of hydrogen-bond acceptors (Lipinski definition) is 3. The van der Waals surface area contributed by atoms with Crippen molar-refractivity contribution >= 4 is 0 Å². The van der Waals surface area contributed by atoms with Crippen molar-refractivity contribution in [2.24, 2.45) is 5.73 Å². The van der Waals surface area contributed by atoms with Crippen molar-refractivity contribution < 1.29 is 4.84 Å². The largest absolute Gasteiger partial charge is 0.330 e. The van der Waals surface area contributed by atoms with Gasteiger partial charge in [-0.05, 0) is 26.3 Å². The van der Waals surface area contributed by atoms with E-state index in [1.807, 2.05) is 14.1 Å². The van der Waals surface area contributed by atoms with E-state index in [9.17, 15) is 0 Å². The minimum Gasteiger partial charge on any atom is -0.330 e. The molecule has 0 aromatic carbocycles. The molecule has 0 bridgehead atoms. The van der Waals surface area contributed by atoms with Crippen LogP contribution in [0, 0.1) is 0 Å². The Balaban J connectivity index is 3.16. The van der Waals surface area contributed by atoms with Crippen LogP contribution in [0.4, 0.5) is 0 Å². The summed E-state index contributed by atoms with van der Waals surface area (Å²) in [6.07, 6.45) is 2.36. The van der Waals surface area contributed by atoms with Crippen LogP contribution in [-0.2, 0) is 4.84 Å². The lowest BCUT2D eigenvalue weighted by Gasteiger charge is -2.16. The van der Waals surface area contributed by atoms with Gasteiger partial charge in [-0.15, -0.1) is 0 Å². The van der Waals surface area contributed by atoms with E-state index < -0.39 is 0 Å². The number of hydroxylamine groups is 2. The van der Waals surface area contributed by atoms with E-state index >= 15 is 0 Å². The van der Waals surface area contributed by atoms with Gasteiger partial charge in [-0.2, -0.15) is 5.06 Å². The van der Waals surface area contributed by atoms with Gasteiger partial charge < -0.3 is 5.73 Å². The van der Waals surface area contributed by atoms with Crippen molar-refractivity contribution in [3.05, 3.63) is 0 Å². The summed E-state index contributed by atoms with van der Waals surface area (Å²) in [5.74, 6) is 0. The predicted molar refractivity (Wildman–Crippen MR) is 42.5 cm³/mol. The van der Waals surface area contributed by atoms with Crippen LogP contribution in [0.3, 0.4) is 0 Å². The summed E-state index contributed by atoms with van der Waals surface area (Å²) in [5, 5.41) is 1.72. The highest BCUT2D eigenvalue weighted by atomic mass is 16.7. The highest BCUT2D eigenvalue weighted by Gasteiger charge is 2.01. The zero-order valence-corrected chi connectivity index (χ0v) is 7.13. The molecule has 0 aliphatic rings. The molecule has 0 spiro atoms. The molecule has 10 heavy (non-hydrogen) atoms. The lowest BCUT2D eigenvalue weighted by atomic mass is 10.2. The Labute approximate surface area is 63.1 Å². The van der Waals surface area contributed by atoms with Crippen LogP contribution in [0.25, 0.3) is 0 Å². The van der Waals surface area contributed by atoms with Crippen molar-refractivity contribution in [3.63, 3.8) is 0 Å². The van der Waals surface area contributed by atoms with Crippen molar-refractivity contribution in [3.8, 4) is 0 Å². The second-order valence-electron chi connectivity index (χ2n) is 2.66. The Morgan fingerprint density at radius 3 is 2.50 bits per heavy atom. The molecule has 0 saturated heterocycles. The first-order valence-electron chi connectivity index (χ1n) is 3.71. The van der Waals surface area contributed by atoms with Gasteiger partial charge in [-0.1, -0.05) is 0 Å². The fourth-order valence-electron chi connectivity index (χ4n) is 0.818. The summed E-state index contributed by atoms with van der Waals surface area (Å²) in [6.45, 7) is 2.80. The van der Waals surface area contributed by atoms with E-state index in [0.717, 1.165) is 19.4 Å². The van der Waals surface area contributed by atoms with Gasteiger partial charge in [-0.3, -0.25) is 4.84 Å². The molecule has 3 heteroatoms. The Kier molecular flexibility index (Phi) is 5.58. The van der Waals surface area contributed by atoms with Crippen LogP contribution in [-0.4, -0.2) is 31.8 Å². The molecule has 0 fully saturated rings. The maximum absolute atomic E-state index is 5.34. The van der Waals surface area contributed by atoms with E-state index in [4.69, 9.17) is 10.6 Å². The fourth-order valence-corrected chi connectivity index (χ4v) is 0.818. The molecule has 0 saturated carbocycles. The minimum atomic E-state index is 0.290. The highest BCUT2D eigenvalue weighted by Crippen LogP contribution is 2.00. The third-order valence-corrected chi connectivity index (χ3v) is 1.21. The van der Waals surface area contributed by atoms with Gasteiger partial charge in [0.2, 0.25) is 0 Å². The average Bonchev–Trinajstić information content (AvgIpc) is 1.82. The molecule has 2 N–H and O–H groups in total. The van der Waals surface area contributed by atoms with Crippen LogP contribution in [0.2, 0.25) is 0 Å². The van der Waals surface area contributed by atoms with Crippen LogP contribution in [0.1, 0.15) is 19.8 Å². The summed E-state index contributed by atoms with van der Waals surface area (Å²) < 4.78 is 0. The molecule has 0 aliphatic heterocycles. The number of rotatable bonds is 5. The third kappa shape index (κ3) is 6.01. The number of nitrogens with two attached hydrogens (primary N) is 1. The summed E-state index contributed by atoms with van der Waals surface area (Å²) in [4.78, 5) is 5.33. The standard InChI is InChI=1S/C7H18N2O/c1-7(5-4-6-8)10-9(2)3/h7H,4-6,8H2,1-3H3.